The van der Waals surface area contributed by atoms with Crippen molar-refractivity contribution in [3.8, 4) is 0 Å². The lowest BCUT2D eigenvalue weighted by atomic mass is 9.77. The van der Waals surface area contributed by atoms with Crippen molar-refractivity contribution in [2.75, 3.05) is 5.32 Å². The Bertz CT molecular complexity index is 1200. The van der Waals surface area contributed by atoms with Crippen LogP contribution >= 0.6 is 11.3 Å². The van der Waals surface area contributed by atoms with Crippen LogP contribution in [-0.4, -0.2) is 27.5 Å². The SMILES string of the molecule is CC(C)(C)OC(=O)C(=NO)c1csc(NC(c2ccccc2)(c2ccccc2)c2ccccc2)n1. The molecule has 0 saturated carbocycles. The predicted molar refractivity (Wildman–Crippen MR) is 139 cm³/mol. The Labute approximate surface area is 208 Å². The van der Waals surface area contributed by atoms with Crippen LogP contribution in [0.3, 0.4) is 0 Å². The van der Waals surface area contributed by atoms with Gasteiger partial charge in [0.25, 0.3) is 0 Å². The van der Waals surface area contributed by atoms with E-state index in [0.717, 1.165) is 16.7 Å². The largest absolute Gasteiger partial charge is 0.455 e. The highest BCUT2D eigenvalue weighted by molar-refractivity contribution is 7.14. The van der Waals surface area contributed by atoms with Crippen molar-refractivity contribution in [3.63, 3.8) is 0 Å². The smallest absolute Gasteiger partial charge is 0.363 e. The summed E-state index contributed by atoms with van der Waals surface area (Å²) >= 11 is 1.32. The van der Waals surface area contributed by atoms with Gasteiger partial charge in [-0.3, -0.25) is 0 Å². The number of thiazole rings is 1. The lowest BCUT2D eigenvalue weighted by Crippen LogP contribution is -2.38. The zero-order valence-electron chi connectivity index (χ0n) is 19.8. The first-order chi connectivity index (χ1) is 16.8. The minimum atomic E-state index is -0.763. The van der Waals surface area contributed by atoms with Crippen LogP contribution in [0.5, 0.6) is 0 Å². The molecule has 3 aromatic carbocycles. The molecule has 0 radical (unpaired) electrons. The molecule has 4 aromatic rings. The van der Waals surface area contributed by atoms with Crippen molar-refractivity contribution in [2.24, 2.45) is 5.16 Å². The maximum Gasteiger partial charge on any atom is 0.363 e. The molecule has 4 rings (SSSR count). The highest BCUT2D eigenvalue weighted by atomic mass is 32.1. The summed E-state index contributed by atoms with van der Waals surface area (Å²) in [5.41, 5.74) is 1.58. The standard InChI is InChI=1S/C28H27N3O3S/c1-27(2,3)34-25(32)24(31-33)23-19-35-26(29-23)30-28(20-13-7-4-8-14-20,21-15-9-5-10-16-21)22-17-11-6-12-18-22/h4-19,33H,1-3H3,(H,29,30). The molecule has 35 heavy (non-hydrogen) atoms. The number of ether oxygens (including phenoxy) is 1. The molecule has 1 aromatic heterocycles. The number of benzene rings is 3. The van der Waals surface area contributed by atoms with Crippen molar-refractivity contribution >= 4 is 28.1 Å². The van der Waals surface area contributed by atoms with Crippen molar-refractivity contribution in [3.05, 3.63) is 119 Å². The first-order valence-electron chi connectivity index (χ1n) is 11.2. The second-order valence-electron chi connectivity index (χ2n) is 8.96. The summed E-state index contributed by atoms with van der Waals surface area (Å²) in [6.45, 7) is 5.26. The summed E-state index contributed by atoms with van der Waals surface area (Å²) in [5.74, 6) is -0.739. The molecule has 0 bridgehead atoms. The van der Waals surface area contributed by atoms with Gasteiger partial charge in [-0.1, -0.05) is 96.2 Å². The molecule has 0 saturated heterocycles. The molecule has 0 unspecified atom stereocenters. The van der Waals surface area contributed by atoms with E-state index in [-0.39, 0.29) is 11.4 Å². The van der Waals surface area contributed by atoms with Crippen LogP contribution in [0.15, 0.2) is 102 Å². The predicted octanol–water partition coefficient (Wildman–Crippen LogP) is 6.07. The number of nitrogens with zero attached hydrogens (tertiary/aromatic N) is 2. The van der Waals surface area contributed by atoms with E-state index in [4.69, 9.17) is 4.74 Å². The number of hydrogen-bond donors (Lipinski definition) is 2. The van der Waals surface area contributed by atoms with Gasteiger partial charge in [-0.25, -0.2) is 9.78 Å². The van der Waals surface area contributed by atoms with Crippen LogP contribution < -0.4 is 5.32 Å². The van der Waals surface area contributed by atoms with E-state index in [1.807, 2.05) is 54.6 Å². The van der Waals surface area contributed by atoms with Gasteiger partial charge in [0.15, 0.2) is 5.13 Å². The Hall–Kier alpha value is -3.97. The van der Waals surface area contributed by atoms with E-state index in [1.54, 1.807) is 26.2 Å². The highest BCUT2D eigenvalue weighted by Crippen LogP contribution is 2.40. The third-order valence-electron chi connectivity index (χ3n) is 5.35. The van der Waals surface area contributed by atoms with Gasteiger partial charge in [0.2, 0.25) is 5.71 Å². The normalized spacial score (nSPS) is 12.3. The second kappa shape index (κ2) is 10.1. The molecule has 0 atom stereocenters. The number of oxime groups is 1. The molecule has 0 aliphatic rings. The van der Waals surface area contributed by atoms with Crippen molar-refractivity contribution in [2.45, 2.75) is 31.9 Å². The maximum absolute atomic E-state index is 12.6. The highest BCUT2D eigenvalue weighted by Gasteiger charge is 2.37. The van der Waals surface area contributed by atoms with E-state index >= 15 is 0 Å². The number of nitrogens with one attached hydrogen (secondary N) is 1. The molecule has 7 heteroatoms. The number of aromatic nitrogens is 1. The van der Waals surface area contributed by atoms with Crippen LogP contribution in [-0.2, 0) is 15.1 Å². The number of rotatable bonds is 7. The van der Waals surface area contributed by atoms with E-state index in [0.29, 0.717) is 5.13 Å². The molecule has 178 valence electrons. The lowest BCUT2D eigenvalue weighted by molar-refractivity contribution is -0.146. The summed E-state index contributed by atoms with van der Waals surface area (Å²) in [6, 6.07) is 30.4. The molecule has 0 fully saturated rings. The van der Waals surface area contributed by atoms with Gasteiger partial charge in [-0.05, 0) is 37.5 Å². The fraction of sp³-hybridized carbons (Fsp3) is 0.179. The molecular formula is C28H27N3O3S. The number of hydrogen-bond acceptors (Lipinski definition) is 7. The second-order valence-corrected chi connectivity index (χ2v) is 9.82. The number of carbonyl (C=O) groups is 1. The summed E-state index contributed by atoms with van der Waals surface area (Å²) < 4.78 is 5.38. The lowest BCUT2D eigenvalue weighted by Gasteiger charge is -2.36. The van der Waals surface area contributed by atoms with Crippen molar-refractivity contribution in [1.82, 2.24) is 4.98 Å². The van der Waals surface area contributed by atoms with E-state index in [9.17, 15) is 10.0 Å². The Balaban J connectivity index is 1.82. The van der Waals surface area contributed by atoms with E-state index in [2.05, 4.69) is 51.9 Å². The minimum Gasteiger partial charge on any atom is -0.455 e. The van der Waals surface area contributed by atoms with Crippen LogP contribution in [0.1, 0.15) is 43.2 Å². The van der Waals surface area contributed by atoms with Crippen LogP contribution in [0.25, 0.3) is 0 Å². The van der Waals surface area contributed by atoms with Crippen LogP contribution in [0.2, 0.25) is 0 Å². The monoisotopic (exact) mass is 485 g/mol. The Kier molecular flexibility index (Phi) is 6.98. The molecular weight excluding hydrogens is 458 g/mol. The van der Waals surface area contributed by atoms with Crippen molar-refractivity contribution in [1.29, 1.82) is 0 Å². The minimum absolute atomic E-state index is 0.234. The number of carbonyl (C=O) groups excluding carboxylic acids is 1. The number of esters is 1. The molecule has 2 N–H and O–H groups in total. The third-order valence-corrected chi connectivity index (χ3v) is 6.11. The van der Waals surface area contributed by atoms with Gasteiger partial charge in [0.05, 0.1) is 0 Å². The summed E-state index contributed by atoms with van der Waals surface area (Å²) in [6.07, 6.45) is 0. The van der Waals surface area contributed by atoms with Gasteiger partial charge >= 0.3 is 5.97 Å². The molecule has 0 amide bonds. The summed E-state index contributed by atoms with van der Waals surface area (Å²) in [4.78, 5) is 17.2. The Morgan fingerprint density at radius 1 is 0.857 bits per heavy atom. The molecule has 0 spiro atoms. The fourth-order valence-electron chi connectivity index (χ4n) is 3.90. The van der Waals surface area contributed by atoms with E-state index in [1.165, 1.54) is 11.3 Å². The van der Waals surface area contributed by atoms with Gasteiger partial charge in [0, 0.05) is 5.38 Å². The van der Waals surface area contributed by atoms with Gasteiger partial charge in [0.1, 0.15) is 16.8 Å². The zero-order chi connectivity index (χ0) is 24.9. The third kappa shape index (κ3) is 5.25. The van der Waals surface area contributed by atoms with Gasteiger partial charge in [-0.2, -0.15) is 0 Å². The topological polar surface area (TPSA) is 83.8 Å². The average molecular weight is 486 g/mol. The van der Waals surface area contributed by atoms with Gasteiger partial charge < -0.3 is 15.3 Å². The van der Waals surface area contributed by atoms with Gasteiger partial charge in [-0.15, -0.1) is 11.3 Å². The Morgan fingerprint density at radius 3 is 1.71 bits per heavy atom. The first kappa shape index (κ1) is 24.2. The molecule has 6 nitrogen and oxygen atoms in total. The molecule has 0 aliphatic heterocycles. The zero-order valence-corrected chi connectivity index (χ0v) is 20.6. The van der Waals surface area contributed by atoms with E-state index < -0.39 is 17.1 Å². The summed E-state index contributed by atoms with van der Waals surface area (Å²) in [7, 11) is 0. The Morgan fingerprint density at radius 2 is 1.31 bits per heavy atom. The fourth-order valence-corrected chi connectivity index (χ4v) is 4.65. The van der Waals surface area contributed by atoms with Crippen LogP contribution in [0, 0.1) is 0 Å². The first-order valence-corrected chi connectivity index (χ1v) is 12.1. The average Bonchev–Trinajstić information content (AvgIpc) is 3.31. The number of anilines is 1. The van der Waals surface area contributed by atoms with Crippen molar-refractivity contribution < 1.29 is 14.7 Å². The molecule has 1 heterocycles. The molecule has 0 aliphatic carbocycles. The quantitative estimate of drug-likeness (QED) is 0.109. The maximum atomic E-state index is 12.6. The summed E-state index contributed by atoms with van der Waals surface area (Å²) in [5, 5.41) is 18.6. The van der Waals surface area contributed by atoms with Crippen LogP contribution in [0.4, 0.5) is 5.13 Å².